The second kappa shape index (κ2) is 7.16. The first-order chi connectivity index (χ1) is 12.2. The smallest absolute Gasteiger partial charge is 0.156 e. The fourth-order valence-electron chi connectivity index (χ4n) is 3.09. The molecule has 128 valence electrons. The standard InChI is InChI=1S/C19H17Cl2N3O/c20-13-5-3-12(4-6-13)18-16-8-7-14(21)10-17(16)19(24-23-18)22-11-15-2-1-9-25-15/h3-8,10,15H,1-2,9,11H2,(H,22,24)/t15-/m1/s1. The first kappa shape index (κ1) is 16.6. The summed E-state index contributed by atoms with van der Waals surface area (Å²) in [5, 5.41) is 15.5. The van der Waals surface area contributed by atoms with E-state index in [0.717, 1.165) is 53.8 Å². The minimum atomic E-state index is 0.229. The Morgan fingerprint density at radius 3 is 2.56 bits per heavy atom. The van der Waals surface area contributed by atoms with Crippen molar-refractivity contribution in [2.75, 3.05) is 18.5 Å². The fourth-order valence-corrected chi connectivity index (χ4v) is 3.39. The minimum Gasteiger partial charge on any atom is -0.376 e. The van der Waals surface area contributed by atoms with E-state index in [4.69, 9.17) is 27.9 Å². The summed E-state index contributed by atoms with van der Waals surface area (Å²) in [6.07, 6.45) is 2.41. The number of nitrogens with zero attached hydrogens (tertiary/aromatic N) is 2. The van der Waals surface area contributed by atoms with Crippen molar-refractivity contribution < 1.29 is 4.74 Å². The number of hydrogen-bond acceptors (Lipinski definition) is 4. The fraction of sp³-hybridized carbons (Fsp3) is 0.263. The summed E-state index contributed by atoms with van der Waals surface area (Å²) in [4.78, 5) is 0. The average molecular weight is 374 g/mol. The van der Waals surface area contributed by atoms with Gasteiger partial charge in [-0.15, -0.1) is 10.2 Å². The van der Waals surface area contributed by atoms with Crippen LogP contribution in [0.5, 0.6) is 0 Å². The zero-order chi connectivity index (χ0) is 17.2. The van der Waals surface area contributed by atoms with Crippen LogP contribution in [-0.2, 0) is 4.74 Å². The van der Waals surface area contributed by atoms with E-state index < -0.39 is 0 Å². The van der Waals surface area contributed by atoms with Gasteiger partial charge in [0.25, 0.3) is 0 Å². The van der Waals surface area contributed by atoms with Gasteiger partial charge in [-0.1, -0.05) is 41.4 Å². The molecule has 0 amide bonds. The number of aromatic nitrogens is 2. The largest absolute Gasteiger partial charge is 0.376 e. The van der Waals surface area contributed by atoms with Crippen molar-refractivity contribution >= 4 is 39.8 Å². The highest BCUT2D eigenvalue weighted by atomic mass is 35.5. The number of hydrogen-bond donors (Lipinski definition) is 1. The van der Waals surface area contributed by atoms with Crippen LogP contribution in [0.2, 0.25) is 10.0 Å². The molecular formula is C19H17Cl2N3O. The first-order valence-corrected chi connectivity index (χ1v) is 9.03. The summed E-state index contributed by atoms with van der Waals surface area (Å²) in [5.74, 6) is 0.728. The molecule has 2 aromatic carbocycles. The summed E-state index contributed by atoms with van der Waals surface area (Å²) in [7, 11) is 0. The van der Waals surface area contributed by atoms with E-state index in [1.54, 1.807) is 0 Å². The molecule has 1 atom stereocenters. The zero-order valence-corrected chi connectivity index (χ0v) is 15.0. The molecule has 1 aromatic heterocycles. The lowest BCUT2D eigenvalue weighted by Crippen LogP contribution is -2.19. The molecule has 6 heteroatoms. The average Bonchev–Trinajstić information content (AvgIpc) is 3.14. The van der Waals surface area contributed by atoms with E-state index in [-0.39, 0.29) is 6.10 Å². The molecule has 1 saturated heterocycles. The number of benzene rings is 2. The van der Waals surface area contributed by atoms with Gasteiger partial charge in [-0.05, 0) is 37.1 Å². The van der Waals surface area contributed by atoms with Crippen molar-refractivity contribution in [1.82, 2.24) is 10.2 Å². The molecule has 3 aromatic rings. The highest BCUT2D eigenvalue weighted by Gasteiger charge is 2.17. The molecule has 1 N–H and O–H groups in total. The summed E-state index contributed by atoms with van der Waals surface area (Å²) in [6.45, 7) is 1.55. The van der Waals surface area contributed by atoms with E-state index >= 15 is 0 Å². The molecule has 0 unspecified atom stereocenters. The third kappa shape index (κ3) is 3.56. The monoisotopic (exact) mass is 373 g/mol. The topological polar surface area (TPSA) is 47.0 Å². The van der Waals surface area contributed by atoms with Gasteiger partial charge in [0.1, 0.15) is 5.69 Å². The van der Waals surface area contributed by atoms with Crippen molar-refractivity contribution in [1.29, 1.82) is 0 Å². The Hall–Kier alpha value is -1.88. The molecule has 0 saturated carbocycles. The van der Waals surface area contributed by atoms with Gasteiger partial charge in [-0.25, -0.2) is 0 Å². The van der Waals surface area contributed by atoms with Crippen molar-refractivity contribution in [3.05, 3.63) is 52.5 Å². The first-order valence-electron chi connectivity index (χ1n) is 8.28. The summed E-state index contributed by atoms with van der Waals surface area (Å²) < 4.78 is 5.67. The third-order valence-electron chi connectivity index (χ3n) is 4.38. The van der Waals surface area contributed by atoms with Crippen LogP contribution in [0.15, 0.2) is 42.5 Å². The lowest BCUT2D eigenvalue weighted by atomic mass is 10.0. The maximum Gasteiger partial charge on any atom is 0.156 e. The van der Waals surface area contributed by atoms with Crippen LogP contribution in [-0.4, -0.2) is 29.5 Å². The molecule has 0 aliphatic carbocycles. The Labute approximate surface area is 156 Å². The predicted molar refractivity (Wildman–Crippen MR) is 102 cm³/mol. The molecule has 1 aliphatic rings. The summed E-state index contributed by atoms with van der Waals surface area (Å²) in [6, 6.07) is 13.4. The molecule has 1 fully saturated rings. The second-order valence-corrected chi connectivity index (χ2v) is 6.98. The van der Waals surface area contributed by atoms with Gasteiger partial charge >= 0.3 is 0 Å². The maximum absolute atomic E-state index is 6.22. The lowest BCUT2D eigenvalue weighted by Gasteiger charge is -2.14. The Morgan fingerprint density at radius 2 is 1.80 bits per heavy atom. The van der Waals surface area contributed by atoms with Crippen LogP contribution in [0, 0.1) is 0 Å². The normalized spacial score (nSPS) is 17.1. The number of rotatable bonds is 4. The van der Waals surface area contributed by atoms with Gasteiger partial charge in [0, 0.05) is 39.5 Å². The van der Waals surface area contributed by atoms with Gasteiger partial charge in [0.15, 0.2) is 5.82 Å². The quantitative estimate of drug-likeness (QED) is 0.682. The molecule has 0 radical (unpaired) electrons. The van der Waals surface area contributed by atoms with Crippen molar-refractivity contribution in [2.45, 2.75) is 18.9 Å². The van der Waals surface area contributed by atoms with Gasteiger partial charge in [-0.3, -0.25) is 0 Å². The molecule has 4 rings (SSSR count). The number of anilines is 1. The van der Waals surface area contributed by atoms with E-state index in [0.29, 0.717) is 10.0 Å². The molecule has 0 spiro atoms. The summed E-state index contributed by atoms with van der Waals surface area (Å²) >= 11 is 12.2. The molecule has 25 heavy (non-hydrogen) atoms. The summed E-state index contributed by atoms with van der Waals surface area (Å²) in [5.41, 5.74) is 1.78. The number of fused-ring (bicyclic) bond motifs is 1. The number of ether oxygens (including phenoxy) is 1. The molecule has 4 nitrogen and oxygen atoms in total. The van der Waals surface area contributed by atoms with E-state index in [9.17, 15) is 0 Å². The Kier molecular flexibility index (Phi) is 4.75. The van der Waals surface area contributed by atoms with E-state index in [2.05, 4.69) is 15.5 Å². The highest BCUT2D eigenvalue weighted by Crippen LogP contribution is 2.32. The van der Waals surface area contributed by atoms with Crippen LogP contribution in [0.25, 0.3) is 22.0 Å². The molecular weight excluding hydrogens is 357 g/mol. The Bertz CT molecular complexity index is 893. The van der Waals surface area contributed by atoms with Crippen LogP contribution in [0.4, 0.5) is 5.82 Å². The van der Waals surface area contributed by atoms with E-state index in [1.807, 2.05) is 42.5 Å². The van der Waals surface area contributed by atoms with Crippen molar-refractivity contribution in [3.8, 4) is 11.3 Å². The van der Waals surface area contributed by atoms with Crippen LogP contribution in [0.3, 0.4) is 0 Å². The minimum absolute atomic E-state index is 0.229. The Morgan fingerprint density at radius 1 is 1.00 bits per heavy atom. The van der Waals surface area contributed by atoms with Gasteiger partial charge < -0.3 is 10.1 Å². The zero-order valence-electron chi connectivity index (χ0n) is 13.5. The molecule has 0 bridgehead atoms. The Balaban J connectivity index is 1.73. The van der Waals surface area contributed by atoms with Crippen LogP contribution in [0.1, 0.15) is 12.8 Å². The van der Waals surface area contributed by atoms with Crippen molar-refractivity contribution in [2.24, 2.45) is 0 Å². The predicted octanol–water partition coefficient (Wildman–Crippen LogP) is 5.19. The van der Waals surface area contributed by atoms with Crippen LogP contribution < -0.4 is 5.32 Å². The van der Waals surface area contributed by atoms with Gasteiger partial charge in [0.2, 0.25) is 0 Å². The SMILES string of the molecule is Clc1ccc(-c2nnc(NC[C@H]3CCCO3)c3cc(Cl)ccc23)cc1. The van der Waals surface area contributed by atoms with Gasteiger partial charge in [-0.2, -0.15) is 0 Å². The third-order valence-corrected chi connectivity index (χ3v) is 4.87. The number of nitrogens with one attached hydrogen (secondary N) is 1. The molecule has 1 aliphatic heterocycles. The maximum atomic E-state index is 6.22. The van der Waals surface area contributed by atoms with E-state index in [1.165, 1.54) is 0 Å². The van der Waals surface area contributed by atoms with Gasteiger partial charge in [0.05, 0.1) is 6.10 Å². The van der Waals surface area contributed by atoms with Crippen LogP contribution >= 0.6 is 23.2 Å². The number of halogens is 2. The highest BCUT2D eigenvalue weighted by molar-refractivity contribution is 6.31. The lowest BCUT2D eigenvalue weighted by molar-refractivity contribution is 0.120. The van der Waals surface area contributed by atoms with Crippen molar-refractivity contribution in [3.63, 3.8) is 0 Å². The second-order valence-electron chi connectivity index (χ2n) is 6.11. The molecule has 2 heterocycles.